The van der Waals surface area contributed by atoms with Crippen LogP contribution < -0.4 is 9.47 Å². The van der Waals surface area contributed by atoms with Gasteiger partial charge in [-0.3, -0.25) is 0 Å². The summed E-state index contributed by atoms with van der Waals surface area (Å²) in [7, 11) is 3.39. The third-order valence-corrected chi connectivity index (χ3v) is 8.18. The Hall–Kier alpha value is -3.90. The zero-order chi connectivity index (χ0) is 27.0. The smallest absolute Gasteiger partial charge is 0.410 e. The molecule has 0 N–H and O–H groups in total. The summed E-state index contributed by atoms with van der Waals surface area (Å²) in [6.45, 7) is 1.36. The summed E-state index contributed by atoms with van der Waals surface area (Å²) >= 11 is 1.77. The van der Waals surface area contributed by atoms with Crippen LogP contribution >= 0.6 is 11.8 Å². The fourth-order valence-corrected chi connectivity index (χ4v) is 5.94. The zero-order valence-electron chi connectivity index (χ0n) is 22.3. The maximum Gasteiger partial charge on any atom is 0.410 e. The molecule has 1 aliphatic rings. The average Bonchev–Trinajstić information content (AvgIpc) is 3.19. The molecule has 5 rings (SSSR count). The molecule has 200 valence electrons. The van der Waals surface area contributed by atoms with Crippen molar-refractivity contribution in [2.24, 2.45) is 0 Å². The van der Waals surface area contributed by atoms with Gasteiger partial charge in [0, 0.05) is 29.7 Å². The van der Waals surface area contributed by atoms with E-state index >= 15 is 0 Å². The second-order valence-corrected chi connectivity index (χ2v) is 10.6. The van der Waals surface area contributed by atoms with Crippen molar-refractivity contribution in [1.29, 1.82) is 0 Å². The Morgan fingerprint density at radius 1 is 0.872 bits per heavy atom. The van der Waals surface area contributed by atoms with Crippen molar-refractivity contribution in [2.45, 2.75) is 29.6 Å². The molecule has 4 aromatic carbocycles. The van der Waals surface area contributed by atoms with Crippen molar-refractivity contribution in [3.05, 3.63) is 125 Å². The molecule has 0 bridgehead atoms. The van der Waals surface area contributed by atoms with E-state index in [4.69, 9.17) is 14.2 Å². The molecule has 0 saturated carbocycles. The van der Waals surface area contributed by atoms with Crippen molar-refractivity contribution < 1.29 is 19.0 Å². The topological polar surface area (TPSA) is 48.0 Å². The van der Waals surface area contributed by atoms with Crippen LogP contribution in [0.3, 0.4) is 0 Å². The molecular formula is C33H33NO4S. The van der Waals surface area contributed by atoms with Crippen LogP contribution in [0.2, 0.25) is 0 Å². The van der Waals surface area contributed by atoms with Crippen molar-refractivity contribution in [2.75, 3.05) is 27.3 Å². The number of carbonyl (C=O) groups is 1. The van der Waals surface area contributed by atoms with Gasteiger partial charge in [-0.25, -0.2) is 4.79 Å². The number of benzene rings is 4. The minimum atomic E-state index is -0.296. The van der Waals surface area contributed by atoms with Gasteiger partial charge in [-0.05, 0) is 58.5 Å². The molecule has 0 radical (unpaired) electrons. The summed E-state index contributed by atoms with van der Waals surface area (Å²) in [5.41, 5.74) is 5.77. The van der Waals surface area contributed by atoms with E-state index in [2.05, 4.69) is 48.5 Å². The first-order valence-corrected chi connectivity index (χ1v) is 14.1. The highest BCUT2D eigenvalue weighted by molar-refractivity contribution is 7.98. The number of amides is 1. The fourth-order valence-electron chi connectivity index (χ4n) is 4.93. The number of nitrogens with zero attached hydrogens (tertiary/aromatic N) is 1. The maximum absolute atomic E-state index is 13.3. The lowest BCUT2D eigenvalue weighted by Gasteiger charge is -2.25. The molecule has 1 aliphatic heterocycles. The van der Waals surface area contributed by atoms with Crippen LogP contribution in [-0.2, 0) is 23.5 Å². The first-order valence-electron chi connectivity index (χ1n) is 13.1. The largest absolute Gasteiger partial charge is 0.497 e. The predicted octanol–water partition coefficient (Wildman–Crippen LogP) is 7.32. The SMILES string of the molecule is COc1ccc(C2CN(C(=O)OCc3ccccc3)CCc3cc(OC)c(SCc4ccccc4)cc32)cc1. The summed E-state index contributed by atoms with van der Waals surface area (Å²) in [6, 6.07) is 32.8. The van der Waals surface area contributed by atoms with Crippen molar-refractivity contribution in [3.8, 4) is 11.5 Å². The molecule has 1 atom stereocenters. The van der Waals surface area contributed by atoms with E-state index in [1.54, 1.807) is 26.0 Å². The Bertz CT molecular complexity index is 1380. The van der Waals surface area contributed by atoms with E-state index in [1.807, 2.05) is 53.4 Å². The molecule has 0 aliphatic carbocycles. The van der Waals surface area contributed by atoms with Crippen LogP contribution in [-0.4, -0.2) is 38.3 Å². The number of fused-ring (bicyclic) bond motifs is 1. The zero-order valence-corrected chi connectivity index (χ0v) is 23.2. The third kappa shape index (κ3) is 6.58. The number of hydrogen-bond donors (Lipinski definition) is 0. The van der Waals surface area contributed by atoms with Gasteiger partial charge in [0.1, 0.15) is 18.1 Å². The minimum absolute atomic E-state index is 0.0142. The molecule has 0 saturated heterocycles. The van der Waals surface area contributed by atoms with Crippen LogP contribution in [0.15, 0.2) is 102 Å². The van der Waals surface area contributed by atoms with E-state index in [0.717, 1.165) is 39.7 Å². The number of hydrogen-bond acceptors (Lipinski definition) is 5. The van der Waals surface area contributed by atoms with Crippen LogP contribution in [0.25, 0.3) is 0 Å². The summed E-state index contributed by atoms with van der Waals surface area (Å²) in [4.78, 5) is 16.2. The molecule has 1 unspecified atom stereocenters. The van der Waals surface area contributed by atoms with Gasteiger partial charge in [-0.15, -0.1) is 11.8 Å². The van der Waals surface area contributed by atoms with Gasteiger partial charge in [0.15, 0.2) is 0 Å². The van der Waals surface area contributed by atoms with E-state index in [0.29, 0.717) is 13.1 Å². The van der Waals surface area contributed by atoms with E-state index in [-0.39, 0.29) is 18.6 Å². The average molecular weight is 540 g/mol. The standard InChI is InChI=1S/C33H33NO4S/c1-36-28-15-13-26(14-16-28)30-21-34(33(35)38-22-24-9-5-3-6-10-24)18-17-27-19-31(37-2)32(20-29(27)30)39-23-25-11-7-4-8-12-25/h3-16,19-20,30H,17-18,21-23H2,1-2H3. The van der Waals surface area contributed by atoms with Gasteiger partial charge >= 0.3 is 6.09 Å². The Balaban J connectivity index is 1.44. The quantitative estimate of drug-likeness (QED) is 0.220. The minimum Gasteiger partial charge on any atom is -0.497 e. The molecule has 39 heavy (non-hydrogen) atoms. The molecular weight excluding hydrogens is 506 g/mol. The monoisotopic (exact) mass is 539 g/mol. The number of rotatable bonds is 8. The van der Waals surface area contributed by atoms with Crippen LogP contribution in [0.4, 0.5) is 4.79 Å². The fraction of sp³-hybridized carbons (Fsp3) is 0.242. The van der Waals surface area contributed by atoms with Crippen LogP contribution in [0.5, 0.6) is 11.5 Å². The molecule has 4 aromatic rings. The molecule has 6 heteroatoms. The second kappa shape index (κ2) is 12.8. The Kier molecular flexibility index (Phi) is 8.74. The Labute approximate surface area is 234 Å². The van der Waals surface area contributed by atoms with Crippen molar-refractivity contribution >= 4 is 17.9 Å². The van der Waals surface area contributed by atoms with Crippen molar-refractivity contribution in [1.82, 2.24) is 4.90 Å². The van der Waals surface area contributed by atoms with Gasteiger partial charge in [0.05, 0.1) is 14.2 Å². The summed E-state index contributed by atoms with van der Waals surface area (Å²) < 4.78 is 17.0. The maximum atomic E-state index is 13.3. The summed E-state index contributed by atoms with van der Waals surface area (Å²) in [5.74, 6) is 2.50. The summed E-state index contributed by atoms with van der Waals surface area (Å²) in [6.07, 6.45) is 0.429. The molecule has 1 amide bonds. The normalized spacial score (nSPS) is 14.7. The van der Waals surface area contributed by atoms with Crippen molar-refractivity contribution in [3.63, 3.8) is 0 Å². The number of thioether (sulfide) groups is 1. The number of methoxy groups -OCH3 is 2. The molecule has 0 spiro atoms. The Morgan fingerprint density at radius 3 is 2.23 bits per heavy atom. The number of ether oxygens (including phenoxy) is 3. The Morgan fingerprint density at radius 2 is 1.56 bits per heavy atom. The van der Waals surface area contributed by atoms with E-state index in [1.165, 1.54) is 16.7 Å². The van der Waals surface area contributed by atoms with Gasteiger partial charge in [-0.2, -0.15) is 0 Å². The predicted molar refractivity (Wildman–Crippen MR) is 156 cm³/mol. The highest BCUT2D eigenvalue weighted by Gasteiger charge is 2.29. The molecule has 0 fully saturated rings. The second-order valence-electron chi connectivity index (χ2n) is 9.54. The first-order chi connectivity index (χ1) is 19.1. The molecule has 0 aromatic heterocycles. The van der Waals surface area contributed by atoms with Crippen LogP contribution in [0.1, 0.15) is 33.7 Å². The van der Waals surface area contributed by atoms with Gasteiger partial charge in [0.2, 0.25) is 0 Å². The first kappa shape index (κ1) is 26.7. The highest BCUT2D eigenvalue weighted by atomic mass is 32.2. The van der Waals surface area contributed by atoms with Crippen LogP contribution in [0, 0.1) is 0 Å². The van der Waals surface area contributed by atoms with E-state index in [9.17, 15) is 4.79 Å². The summed E-state index contributed by atoms with van der Waals surface area (Å²) in [5, 5.41) is 0. The molecule has 1 heterocycles. The van der Waals surface area contributed by atoms with Gasteiger partial charge in [-0.1, -0.05) is 72.8 Å². The van der Waals surface area contributed by atoms with E-state index < -0.39 is 0 Å². The van der Waals surface area contributed by atoms with Gasteiger partial charge < -0.3 is 19.1 Å². The lowest BCUT2D eigenvalue weighted by Crippen LogP contribution is -2.35. The van der Waals surface area contributed by atoms with Gasteiger partial charge in [0.25, 0.3) is 0 Å². The molecule has 5 nitrogen and oxygen atoms in total. The lowest BCUT2D eigenvalue weighted by atomic mass is 9.88. The third-order valence-electron chi connectivity index (χ3n) is 7.07. The lowest BCUT2D eigenvalue weighted by molar-refractivity contribution is 0.0964. The number of carbonyl (C=O) groups excluding carboxylic acids is 1. The highest BCUT2D eigenvalue weighted by Crippen LogP contribution is 2.40.